The summed E-state index contributed by atoms with van der Waals surface area (Å²) in [6.07, 6.45) is -7.90. The molecule has 0 aromatic carbocycles. The average molecular weight is 254 g/mol. The highest BCUT2D eigenvalue weighted by molar-refractivity contribution is 6.19. The summed E-state index contributed by atoms with van der Waals surface area (Å²) in [7, 11) is 0. The third kappa shape index (κ3) is 5.03. The third-order valence-electron chi connectivity index (χ3n) is 1.34. The van der Waals surface area contributed by atoms with Crippen molar-refractivity contribution in [2.75, 3.05) is 12.4 Å². The van der Waals surface area contributed by atoms with E-state index in [9.17, 15) is 22.0 Å². The number of nitrogens with zero attached hydrogens (tertiary/aromatic N) is 1. The minimum Gasteiger partial charge on any atom is -0.399 e. The van der Waals surface area contributed by atoms with Gasteiger partial charge < -0.3 is 5.73 Å². The van der Waals surface area contributed by atoms with Crippen LogP contribution in [0, 0.1) is 0 Å². The van der Waals surface area contributed by atoms with Gasteiger partial charge in [-0.3, -0.25) is 5.01 Å². The molecule has 0 atom stereocenters. The van der Waals surface area contributed by atoms with E-state index in [1.807, 2.05) is 0 Å². The fourth-order valence-corrected chi connectivity index (χ4v) is 0.934. The van der Waals surface area contributed by atoms with Gasteiger partial charge in [0.05, 0.1) is 5.88 Å². The summed E-state index contributed by atoms with van der Waals surface area (Å²) in [6.45, 7) is -1.72. The predicted octanol–water partition coefficient (Wildman–Crippen LogP) is 1.40. The zero-order chi connectivity index (χ0) is 12.2. The van der Waals surface area contributed by atoms with E-state index in [4.69, 9.17) is 23.2 Å². The average Bonchev–Trinajstić information content (AvgIpc) is 1.99. The van der Waals surface area contributed by atoms with Crippen LogP contribution in [0.2, 0.25) is 0 Å². The van der Waals surface area contributed by atoms with E-state index in [1.54, 1.807) is 0 Å². The topological polar surface area (TPSA) is 55.3 Å². The largest absolute Gasteiger partial charge is 0.407 e. The van der Waals surface area contributed by atoms with Crippen molar-refractivity contribution >= 4 is 11.6 Å². The summed E-state index contributed by atoms with van der Waals surface area (Å²) in [5.41, 5.74) is 3.32. The van der Waals surface area contributed by atoms with Crippen LogP contribution >= 0.6 is 11.6 Å². The summed E-state index contributed by atoms with van der Waals surface area (Å²) in [6, 6.07) is 0. The standard InChI is InChI=1S/C6H9ClF5N3/c7-1-3(13)4(5(8)9)15(14)2-6(10,11)12/h5H,1-2,13-14H2/b4-3-. The Labute approximate surface area is 87.4 Å². The smallest absolute Gasteiger partial charge is 0.399 e. The fourth-order valence-electron chi connectivity index (χ4n) is 0.797. The van der Waals surface area contributed by atoms with E-state index in [2.05, 4.69) is 0 Å². The molecule has 0 rings (SSSR count). The van der Waals surface area contributed by atoms with E-state index < -0.39 is 36.4 Å². The number of hydrogen-bond acceptors (Lipinski definition) is 3. The SMILES string of the molecule is N/C(CCl)=C(/C(F)F)N(N)CC(F)(F)F. The monoisotopic (exact) mass is 253 g/mol. The zero-order valence-electron chi connectivity index (χ0n) is 7.36. The minimum atomic E-state index is -4.69. The van der Waals surface area contributed by atoms with Crippen molar-refractivity contribution in [3.05, 3.63) is 11.4 Å². The summed E-state index contributed by atoms with van der Waals surface area (Å²) in [4.78, 5) is 0. The molecule has 0 heterocycles. The van der Waals surface area contributed by atoms with Crippen LogP contribution in [0.5, 0.6) is 0 Å². The molecule has 3 nitrogen and oxygen atoms in total. The van der Waals surface area contributed by atoms with Crippen molar-refractivity contribution in [1.29, 1.82) is 0 Å². The molecule has 4 N–H and O–H groups in total. The lowest BCUT2D eigenvalue weighted by Crippen LogP contribution is -2.42. The molecule has 15 heavy (non-hydrogen) atoms. The Morgan fingerprint density at radius 1 is 1.33 bits per heavy atom. The molecule has 0 bridgehead atoms. The second kappa shape index (κ2) is 5.36. The summed E-state index contributed by atoms with van der Waals surface area (Å²) in [5, 5.41) is -0.150. The maximum Gasteiger partial charge on any atom is 0.407 e. The lowest BCUT2D eigenvalue weighted by Gasteiger charge is -2.23. The molecule has 0 aromatic heterocycles. The van der Waals surface area contributed by atoms with Crippen molar-refractivity contribution in [2.45, 2.75) is 12.6 Å². The second-order valence-corrected chi connectivity index (χ2v) is 2.86. The van der Waals surface area contributed by atoms with Gasteiger partial charge in [-0.25, -0.2) is 14.6 Å². The molecule has 0 saturated heterocycles. The maximum atomic E-state index is 12.3. The molecule has 0 fully saturated rings. The molecule has 0 radical (unpaired) electrons. The van der Waals surface area contributed by atoms with Gasteiger partial charge in [-0.1, -0.05) is 0 Å². The number of hydrogen-bond donors (Lipinski definition) is 2. The molecule has 9 heteroatoms. The van der Waals surface area contributed by atoms with Crippen LogP contribution in [0.1, 0.15) is 0 Å². The molecule has 0 aliphatic carbocycles. The maximum absolute atomic E-state index is 12.3. The van der Waals surface area contributed by atoms with Crippen LogP contribution in [0.3, 0.4) is 0 Å². The normalized spacial score (nSPS) is 14.1. The highest BCUT2D eigenvalue weighted by atomic mass is 35.5. The molecule has 0 unspecified atom stereocenters. The molecule has 0 aliphatic rings. The Hall–Kier alpha value is -0.760. The number of halogens is 6. The molecule has 0 aliphatic heterocycles. The number of rotatable bonds is 4. The first-order chi connectivity index (χ1) is 6.69. The van der Waals surface area contributed by atoms with Crippen LogP contribution in [0.15, 0.2) is 11.4 Å². The van der Waals surface area contributed by atoms with Gasteiger partial charge in [0.25, 0.3) is 6.43 Å². The highest BCUT2D eigenvalue weighted by Crippen LogP contribution is 2.21. The number of allylic oxidation sites excluding steroid dienone is 2. The summed E-state index contributed by atoms with van der Waals surface area (Å²) in [5.74, 6) is 4.30. The van der Waals surface area contributed by atoms with Gasteiger partial charge in [-0.15, -0.1) is 11.6 Å². The summed E-state index contributed by atoms with van der Waals surface area (Å²) >= 11 is 5.13. The van der Waals surface area contributed by atoms with Gasteiger partial charge in [-0.05, 0) is 0 Å². The minimum absolute atomic E-state index is 0.150. The molecular weight excluding hydrogens is 245 g/mol. The van der Waals surface area contributed by atoms with Gasteiger partial charge in [0.1, 0.15) is 12.2 Å². The first kappa shape index (κ1) is 14.2. The van der Waals surface area contributed by atoms with Crippen molar-refractivity contribution < 1.29 is 22.0 Å². The van der Waals surface area contributed by atoms with Crippen LogP contribution in [-0.2, 0) is 0 Å². The molecule has 0 spiro atoms. The van der Waals surface area contributed by atoms with E-state index in [-0.39, 0.29) is 5.01 Å². The van der Waals surface area contributed by atoms with E-state index >= 15 is 0 Å². The van der Waals surface area contributed by atoms with Gasteiger partial charge in [0.2, 0.25) is 0 Å². The van der Waals surface area contributed by atoms with Crippen molar-refractivity contribution in [3.63, 3.8) is 0 Å². The molecule has 90 valence electrons. The van der Waals surface area contributed by atoms with Crippen molar-refractivity contribution in [3.8, 4) is 0 Å². The predicted molar refractivity (Wildman–Crippen MR) is 44.9 cm³/mol. The van der Waals surface area contributed by atoms with E-state index in [0.29, 0.717) is 0 Å². The quantitative estimate of drug-likeness (QED) is 0.345. The van der Waals surface area contributed by atoms with Crippen molar-refractivity contribution in [1.82, 2.24) is 5.01 Å². The molecule has 0 aromatic rings. The Morgan fingerprint density at radius 2 is 1.80 bits per heavy atom. The number of alkyl halides is 6. The zero-order valence-corrected chi connectivity index (χ0v) is 8.12. The Morgan fingerprint density at radius 3 is 2.07 bits per heavy atom. The lowest BCUT2D eigenvalue weighted by molar-refractivity contribution is -0.144. The molecule has 0 amide bonds. The number of nitrogens with two attached hydrogens (primary N) is 2. The van der Waals surface area contributed by atoms with E-state index in [0.717, 1.165) is 0 Å². The van der Waals surface area contributed by atoms with Gasteiger partial charge in [0.15, 0.2) is 0 Å². The Kier molecular flexibility index (Phi) is 5.09. The van der Waals surface area contributed by atoms with Crippen LogP contribution in [0.4, 0.5) is 22.0 Å². The molecule has 0 saturated carbocycles. The second-order valence-electron chi connectivity index (χ2n) is 2.59. The fraction of sp³-hybridized carbons (Fsp3) is 0.667. The number of hydrazine groups is 1. The van der Waals surface area contributed by atoms with E-state index in [1.165, 1.54) is 0 Å². The third-order valence-corrected chi connectivity index (χ3v) is 1.63. The summed E-state index contributed by atoms with van der Waals surface area (Å²) < 4.78 is 60.1. The lowest BCUT2D eigenvalue weighted by atomic mass is 10.3. The Balaban J connectivity index is 4.81. The van der Waals surface area contributed by atoms with Crippen LogP contribution in [-0.4, -0.2) is 30.0 Å². The molecular formula is C6H9ClF5N3. The van der Waals surface area contributed by atoms with Crippen LogP contribution in [0.25, 0.3) is 0 Å². The van der Waals surface area contributed by atoms with Crippen molar-refractivity contribution in [2.24, 2.45) is 11.6 Å². The van der Waals surface area contributed by atoms with Crippen LogP contribution < -0.4 is 11.6 Å². The Bertz CT molecular complexity index is 239. The van der Waals surface area contributed by atoms with Gasteiger partial charge in [0, 0.05) is 5.70 Å². The first-order valence-corrected chi connectivity index (χ1v) is 4.14. The first-order valence-electron chi connectivity index (χ1n) is 3.60. The van der Waals surface area contributed by atoms with Gasteiger partial charge in [-0.2, -0.15) is 13.2 Å². The van der Waals surface area contributed by atoms with Gasteiger partial charge >= 0.3 is 6.18 Å². The highest BCUT2D eigenvalue weighted by Gasteiger charge is 2.33.